The number of carbonyl (C=O) groups is 2. The minimum atomic E-state index is -0.846. The number of ether oxygens (including phenoxy) is 2. The highest BCUT2D eigenvalue weighted by molar-refractivity contribution is 6.07. The van der Waals surface area contributed by atoms with Crippen molar-refractivity contribution in [2.45, 2.75) is 13.5 Å². The monoisotopic (exact) mass is 462 g/mol. The molecule has 0 bridgehead atoms. The van der Waals surface area contributed by atoms with Crippen LogP contribution in [-0.4, -0.2) is 40.7 Å². The van der Waals surface area contributed by atoms with Gasteiger partial charge in [-0.05, 0) is 24.1 Å². The Hall–Kier alpha value is -4.37. The number of pyridine rings is 1. The number of esters is 2. The fourth-order valence-electron chi connectivity index (χ4n) is 3.46. The second-order valence-corrected chi connectivity index (χ2v) is 7.14. The third kappa shape index (κ3) is 5.33. The van der Waals surface area contributed by atoms with Crippen LogP contribution in [-0.2, 0) is 16.1 Å². The van der Waals surface area contributed by atoms with E-state index in [1.807, 2.05) is 30.3 Å². The van der Waals surface area contributed by atoms with Crippen LogP contribution < -0.4 is 0 Å². The van der Waals surface area contributed by atoms with Crippen LogP contribution in [0.1, 0.15) is 37.7 Å². The van der Waals surface area contributed by atoms with Crippen molar-refractivity contribution in [2.24, 2.45) is 0 Å². The van der Waals surface area contributed by atoms with Crippen LogP contribution in [0.5, 0.6) is 0 Å². The quantitative estimate of drug-likeness (QED) is 0.301. The molecule has 0 fully saturated rings. The van der Waals surface area contributed by atoms with E-state index in [0.29, 0.717) is 0 Å². The van der Waals surface area contributed by atoms with Gasteiger partial charge in [-0.3, -0.25) is 15.1 Å². The molecule has 3 aromatic rings. The Bertz CT molecular complexity index is 1250. The van der Waals surface area contributed by atoms with Crippen molar-refractivity contribution in [1.29, 1.82) is 0 Å². The van der Waals surface area contributed by atoms with E-state index in [9.17, 15) is 24.8 Å². The van der Waals surface area contributed by atoms with Gasteiger partial charge >= 0.3 is 11.9 Å². The standard InChI is InChI=1S/C25H22N2O7/c1-16-21(24(29)33-2)22(18-11-6-12-19(14-18)27(31)32)23(20(15-28)26-16)25(30)34-13-7-10-17-8-4-3-5-9-17/h3-12,14,28H,13,15H2,1-2H3/b10-7+. The molecule has 0 amide bonds. The number of carbonyl (C=O) groups excluding carboxylic acids is 2. The molecule has 0 aliphatic rings. The summed E-state index contributed by atoms with van der Waals surface area (Å²) in [6.07, 6.45) is 3.41. The highest BCUT2D eigenvalue weighted by Gasteiger charge is 2.29. The Balaban J connectivity index is 2.10. The van der Waals surface area contributed by atoms with Gasteiger partial charge in [0.2, 0.25) is 0 Å². The summed E-state index contributed by atoms with van der Waals surface area (Å²) in [5.74, 6) is -1.63. The second-order valence-electron chi connectivity index (χ2n) is 7.14. The summed E-state index contributed by atoms with van der Waals surface area (Å²) in [5, 5.41) is 21.2. The second kappa shape index (κ2) is 11.0. The molecule has 1 aromatic heterocycles. The Morgan fingerprint density at radius 3 is 2.47 bits per heavy atom. The van der Waals surface area contributed by atoms with Gasteiger partial charge in [0.15, 0.2) is 0 Å². The zero-order valence-corrected chi connectivity index (χ0v) is 18.6. The van der Waals surface area contributed by atoms with Gasteiger partial charge < -0.3 is 14.6 Å². The Labute approximate surface area is 195 Å². The lowest BCUT2D eigenvalue weighted by Gasteiger charge is -2.18. The Morgan fingerprint density at radius 1 is 1.09 bits per heavy atom. The number of nitrogens with zero attached hydrogens (tertiary/aromatic N) is 2. The van der Waals surface area contributed by atoms with Crippen molar-refractivity contribution in [3.63, 3.8) is 0 Å². The minimum absolute atomic E-state index is 0.0244. The van der Waals surface area contributed by atoms with Gasteiger partial charge in [-0.2, -0.15) is 0 Å². The topological polar surface area (TPSA) is 129 Å². The molecule has 174 valence electrons. The number of aryl methyl sites for hydroxylation is 1. The van der Waals surface area contributed by atoms with Crippen LogP contribution >= 0.6 is 0 Å². The number of non-ortho nitro benzene ring substituents is 1. The van der Waals surface area contributed by atoms with E-state index in [-0.39, 0.29) is 45.9 Å². The first kappa shape index (κ1) is 24.3. The van der Waals surface area contributed by atoms with E-state index in [2.05, 4.69) is 4.98 Å². The minimum Gasteiger partial charge on any atom is -0.465 e. The number of nitro benzene ring substituents is 1. The van der Waals surface area contributed by atoms with E-state index < -0.39 is 23.5 Å². The molecule has 34 heavy (non-hydrogen) atoms. The van der Waals surface area contributed by atoms with Crippen LogP contribution in [0.25, 0.3) is 17.2 Å². The molecule has 3 rings (SSSR count). The average Bonchev–Trinajstić information content (AvgIpc) is 2.85. The zero-order chi connectivity index (χ0) is 24.7. The molecule has 0 unspecified atom stereocenters. The fraction of sp³-hybridized carbons (Fsp3) is 0.160. The van der Waals surface area contributed by atoms with Crippen molar-refractivity contribution < 1.29 is 29.1 Å². The molecule has 2 aromatic carbocycles. The highest BCUT2D eigenvalue weighted by atomic mass is 16.6. The summed E-state index contributed by atoms with van der Waals surface area (Å²) in [6, 6.07) is 14.9. The number of methoxy groups -OCH3 is 1. The average molecular weight is 462 g/mol. The van der Waals surface area contributed by atoms with Crippen LogP contribution in [0, 0.1) is 17.0 Å². The molecule has 1 heterocycles. The largest absolute Gasteiger partial charge is 0.465 e. The first-order chi connectivity index (χ1) is 16.4. The summed E-state index contributed by atoms with van der Waals surface area (Å²) >= 11 is 0. The molecule has 0 atom stereocenters. The molecule has 0 saturated heterocycles. The summed E-state index contributed by atoms with van der Waals surface area (Å²) in [4.78, 5) is 40.7. The smallest absolute Gasteiger partial charge is 0.341 e. The highest BCUT2D eigenvalue weighted by Crippen LogP contribution is 2.34. The van der Waals surface area contributed by atoms with Crippen molar-refractivity contribution in [1.82, 2.24) is 4.98 Å². The molecule has 0 aliphatic carbocycles. The molecular weight excluding hydrogens is 440 g/mol. The maximum atomic E-state index is 13.1. The van der Waals surface area contributed by atoms with E-state index in [1.54, 1.807) is 12.2 Å². The molecule has 9 heteroatoms. The molecular formula is C25H22N2O7. The van der Waals surface area contributed by atoms with E-state index in [1.165, 1.54) is 38.3 Å². The number of nitro groups is 1. The Morgan fingerprint density at radius 2 is 1.82 bits per heavy atom. The first-order valence-corrected chi connectivity index (χ1v) is 10.2. The normalized spacial score (nSPS) is 10.8. The van der Waals surface area contributed by atoms with Crippen LogP contribution in [0.4, 0.5) is 5.69 Å². The third-order valence-electron chi connectivity index (χ3n) is 4.96. The van der Waals surface area contributed by atoms with Gasteiger partial charge in [-0.15, -0.1) is 0 Å². The number of hydrogen-bond acceptors (Lipinski definition) is 8. The molecule has 0 aliphatic heterocycles. The SMILES string of the molecule is COC(=O)c1c(C)nc(CO)c(C(=O)OC/C=C/c2ccccc2)c1-c1cccc([N+](=O)[O-])c1. The van der Waals surface area contributed by atoms with Gasteiger partial charge in [0, 0.05) is 17.7 Å². The van der Waals surface area contributed by atoms with Crippen LogP contribution in [0.15, 0.2) is 60.7 Å². The number of aliphatic hydroxyl groups excluding tert-OH is 1. The van der Waals surface area contributed by atoms with Gasteiger partial charge in [0.1, 0.15) is 6.61 Å². The van der Waals surface area contributed by atoms with E-state index in [0.717, 1.165) is 5.56 Å². The molecule has 1 N–H and O–H groups in total. The summed E-state index contributed by atoms with van der Waals surface area (Å²) in [7, 11) is 1.17. The summed E-state index contributed by atoms with van der Waals surface area (Å²) in [5.41, 5.74) is 0.886. The number of aliphatic hydroxyl groups is 1. The van der Waals surface area contributed by atoms with Crippen molar-refractivity contribution in [3.8, 4) is 11.1 Å². The Kier molecular flexibility index (Phi) is 7.83. The van der Waals surface area contributed by atoms with Gasteiger partial charge in [-0.1, -0.05) is 48.5 Å². The number of benzene rings is 2. The zero-order valence-electron chi connectivity index (χ0n) is 18.6. The number of hydrogen-bond donors (Lipinski definition) is 1. The predicted molar refractivity (Wildman–Crippen MR) is 124 cm³/mol. The maximum absolute atomic E-state index is 13.1. The lowest BCUT2D eigenvalue weighted by molar-refractivity contribution is -0.384. The van der Waals surface area contributed by atoms with Gasteiger partial charge in [0.05, 0.1) is 41.2 Å². The lowest BCUT2D eigenvalue weighted by Crippen LogP contribution is -2.18. The van der Waals surface area contributed by atoms with Gasteiger partial charge in [0.25, 0.3) is 5.69 Å². The van der Waals surface area contributed by atoms with Crippen molar-refractivity contribution in [2.75, 3.05) is 13.7 Å². The number of rotatable bonds is 8. The summed E-state index contributed by atoms with van der Waals surface area (Å²) in [6.45, 7) is 0.812. The number of aromatic nitrogens is 1. The van der Waals surface area contributed by atoms with E-state index in [4.69, 9.17) is 9.47 Å². The molecule has 0 saturated carbocycles. The van der Waals surface area contributed by atoms with Crippen molar-refractivity contribution in [3.05, 3.63) is 98.9 Å². The first-order valence-electron chi connectivity index (χ1n) is 10.2. The third-order valence-corrected chi connectivity index (χ3v) is 4.96. The summed E-state index contributed by atoms with van der Waals surface area (Å²) < 4.78 is 10.3. The predicted octanol–water partition coefficient (Wildman–Crippen LogP) is 4.11. The maximum Gasteiger partial charge on any atom is 0.341 e. The molecule has 0 radical (unpaired) electrons. The lowest BCUT2D eigenvalue weighted by atomic mass is 9.92. The van der Waals surface area contributed by atoms with Crippen LogP contribution in [0.2, 0.25) is 0 Å². The van der Waals surface area contributed by atoms with Crippen LogP contribution in [0.3, 0.4) is 0 Å². The van der Waals surface area contributed by atoms with Gasteiger partial charge in [-0.25, -0.2) is 9.59 Å². The fourth-order valence-corrected chi connectivity index (χ4v) is 3.46. The van der Waals surface area contributed by atoms with E-state index >= 15 is 0 Å². The molecule has 0 spiro atoms. The van der Waals surface area contributed by atoms with Crippen molar-refractivity contribution >= 4 is 23.7 Å². The molecule has 9 nitrogen and oxygen atoms in total.